The Bertz CT molecular complexity index is 1970. The number of hydrogen-bond donors (Lipinski definition) is 2. The second kappa shape index (κ2) is 11.6. The molecule has 0 aliphatic heterocycles. The first-order chi connectivity index (χ1) is 21.1. The second-order valence-electron chi connectivity index (χ2n) is 9.34. The highest BCUT2D eigenvalue weighted by Gasteiger charge is 2.35. The quantitative estimate of drug-likeness (QED) is 0.169. The van der Waals surface area contributed by atoms with Crippen molar-refractivity contribution in [1.29, 1.82) is 0 Å². The van der Waals surface area contributed by atoms with Crippen molar-refractivity contribution >= 4 is 10.7 Å². The number of alkyl halides is 6. The van der Waals surface area contributed by atoms with Crippen molar-refractivity contribution in [2.75, 3.05) is 0 Å². The fraction of sp³-hybridized carbons (Fsp3) is 0.148. The van der Waals surface area contributed by atoms with Gasteiger partial charge in [0.25, 0.3) is 0 Å². The van der Waals surface area contributed by atoms with Crippen molar-refractivity contribution in [2.45, 2.75) is 31.0 Å². The molecule has 0 saturated heterocycles. The lowest BCUT2D eigenvalue weighted by atomic mass is 10.0. The Morgan fingerprint density at radius 2 is 1.56 bits per heavy atom. The summed E-state index contributed by atoms with van der Waals surface area (Å²) < 4.78 is 138. The SMILES string of the molecule is Cc1nc(C(F)(F)F)cn1-c1c(F)cc(-c2cc(F)c(CO)c([SH](=O)=O)c2)cc1-n1nncc1-c1ccc(OC(F)(F)F)cc1. The van der Waals surface area contributed by atoms with Crippen LogP contribution < -0.4 is 4.74 Å². The van der Waals surface area contributed by atoms with Gasteiger partial charge in [-0.25, -0.2) is 26.9 Å². The predicted molar refractivity (Wildman–Crippen MR) is 140 cm³/mol. The van der Waals surface area contributed by atoms with Gasteiger partial charge in [-0.1, -0.05) is 5.21 Å². The van der Waals surface area contributed by atoms with Crippen LogP contribution in [0.2, 0.25) is 0 Å². The molecular weight excluding hydrogens is 642 g/mol. The molecule has 2 aromatic heterocycles. The summed E-state index contributed by atoms with van der Waals surface area (Å²) in [5.74, 6) is -3.16. The molecule has 0 aliphatic rings. The van der Waals surface area contributed by atoms with Crippen LogP contribution in [0.5, 0.6) is 5.75 Å². The van der Waals surface area contributed by atoms with Crippen LogP contribution in [-0.4, -0.2) is 44.4 Å². The number of thiol groups is 1. The number of rotatable bonds is 7. The molecule has 5 aromatic rings. The maximum atomic E-state index is 16.0. The lowest BCUT2D eigenvalue weighted by Crippen LogP contribution is -2.17. The van der Waals surface area contributed by atoms with Crippen molar-refractivity contribution in [3.05, 3.63) is 89.6 Å². The molecule has 5 rings (SSSR count). The van der Waals surface area contributed by atoms with Gasteiger partial charge in [0.2, 0.25) is 0 Å². The maximum absolute atomic E-state index is 16.0. The molecule has 9 nitrogen and oxygen atoms in total. The van der Waals surface area contributed by atoms with E-state index in [4.69, 9.17) is 0 Å². The van der Waals surface area contributed by atoms with Gasteiger partial charge in [0.15, 0.2) is 16.4 Å². The Kier molecular flexibility index (Phi) is 8.13. The van der Waals surface area contributed by atoms with Crippen LogP contribution in [0.4, 0.5) is 35.1 Å². The molecule has 0 amide bonds. The number of benzene rings is 3. The molecule has 0 spiro atoms. The van der Waals surface area contributed by atoms with E-state index in [9.17, 15) is 44.3 Å². The third-order valence-electron chi connectivity index (χ3n) is 6.48. The molecule has 0 bridgehead atoms. The van der Waals surface area contributed by atoms with E-state index in [0.717, 1.165) is 45.8 Å². The first-order valence-electron chi connectivity index (χ1n) is 12.4. The van der Waals surface area contributed by atoms with Gasteiger partial charge in [-0.05, 0) is 66.6 Å². The molecule has 0 aliphatic carbocycles. The fourth-order valence-corrected chi connectivity index (χ4v) is 5.17. The van der Waals surface area contributed by atoms with Gasteiger partial charge in [-0.15, -0.1) is 18.3 Å². The predicted octanol–water partition coefficient (Wildman–Crippen LogP) is 5.75. The molecule has 0 atom stereocenters. The molecule has 0 unspecified atom stereocenters. The van der Waals surface area contributed by atoms with E-state index < -0.39 is 69.1 Å². The monoisotopic (exact) mass is 659 g/mol. The Morgan fingerprint density at radius 3 is 2.13 bits per heavy atom. The highest BCUT2D eigenvalue weighted by atomic mass is 32.2. The van der Waals surface area contributed by atoms with Gasteiger partial charge in [0, 0.05) is 17.3 Å². The van der Waals surface area contributed by atoms with Crippen LogP contribution in [0.15, 0.2) is 65.8 Å². The number of ether oxygens (including phenoxy) is 1. The number of aliphatic hydroxyl groups excluding tert-OH is 1. The van der Waals surface area contributed by atoms with Crippen LogP contribution in [0, 0.1) is 18.6 Å². The Balaban J connectivity index is 1.76. The zero-order chi connectivity index (χ0) is 32.8. The lowest BCUT2D eigenvalue weighted by molar-refractivity contribution is -0.274. The third-order valence-corrected chi connectivity index (χ3v) is 7.27. The van der Waals surface area contributed by atoms with E-state index in [1.165, 1.54) is 25.1 Å². The summed E-state index contributed by atoms with van der Waals surface area (Å²) in [5, 5.41) is 17.1. The van der Waals surface area contributed by atoms with Crippen molar-refractivity contribution in [3.8, 4) is 39.5 Å². The highest BCUT2D eigenvalue weighted by molar-refractivity contribution is 7.72. The van der Waals surface area contributed by atoms with Crippen LogP contribution in [0.25, 0.3) is 33.8 Å². The third kappa shape index (κ3) is 6.37. The average molecular weight is 660 g/mol. The Morgan fingerprint density at radius 1 is 0.911 bits per heavy atom. The molecule has 18 heteroatoms. The minimum absolute atomic E-state index is 0.0327. The number of aryl methyl sites for hydroxylation is 1. The smallest absolute Gasteiger partial charge is 0.406 e. The molecule has 45 heavy (non-hydrogen) atoms. The maximum Gasteiger partial charge on any atom is 0.573 e. The summed E-state index contributed by atoms with van der Waals surface area (Å²) in [4.78, 5) is 2.88. The van der Waals surface area contributed by atoms with E-state index in [0.29, 0.717) is 6.20 Å². The Labute approximate surface area is 248 Å². The van der Waals surface area contributed by atoms with Gasteiger partial charge in [0.05, 0.1) is 29.1 Å². The van der Waals surface area contributed by atoms with Crippen molar-refractivity contribution in [3.63, 3.8) is 0 Å². The summed E-state index contributed by atoms with van der Waals surface area (Å²) >= 11 is 0. The first-order valence-corrected chi connectivity index (χ1v) is 13.6. The number of aromatic nitrogens is 5. The summed E-state index contributed by atoms with van der Waals surface area (Å²) in [5.41, 5.74) is -2.82. The molecular formula is C27H17F8N5O4S. The molecule has 0 saturated carbocycles. The molecule has 0 radical (unpaired) electrons. The zero-order valence-electron chi connectivity index (χ0n) is 22.4. The molecule has 236 valence electrons. The summed E-state index contributed by atoms with van der Waals surface area (Å²) in [6.45, 7) is 0.216. The molecule has 0 fully saturated rings. The zero-order valence-corrected chi connectivity index (χ0v) is 23.3. The van der Waals surface area contributed by atoms with E-state index in [1.807, 2.05) is 0 Å². The van der Waals surface area contributed by atoms with E-state index in [-0.39, 0.29) is 33.9 Å². The number of imidazole rings is 1. The van der Waals surface area contributed by atoms with Crippen LogP contribution in [-0.2, 0) is 23.5 Å². The van der Waals surface area contributed by atoms with Gasteiger partial charge in [-0.3, -0.25) is 4.57 Å². The van der Waals surface area contributed by atoms with E-state index in [1.54, 1.807) is 0 Å². The standard InChI is InChI=1S/C27H17F8N5O4S/c1-13-37-24(26(30,31)32)11-39(13)25-20(29)7-15(16-6-19(28)18(12-41)23(9-16)45(42)43)8-21(25)40-22(10-36-38-40)14-2-4-17(5-3-14)44-27(33,34)35/h2-11,41,45H,12H2,1H3. The first kappa shape index (κ1) is 31.6. The molecule has 2 heterocycles. The fourth-order valence-electron chi connectivity index (χ4n) is 4.53. The van der Waals surface area contributed by atoms with Gasteiger partial charge >= 0.3 is 12.5 Å². The van der Waals surface area contributed by atoms with Crippen molar-refractivity contribution in [1.82, 2.24) is 24.5 Å². The summed E-state index contributed by atoms with van der Waals surface area (Å²) in [6, 6.07) is 8.14. The highest BCUT2D eigenvalue weighted by Crippen LogP contribution is 2.37. The minimum Gasteiger partial charge on any atom is -0.406 e. The Hall–Kier alpha value is -4.84. The molecule has 1 N–H and O–H groups in total. The van der Waals surface area contributed by atoms with Gasteiger partial charge in [-0.2, -0.15) is 13.2 Å². The number of halogens is 8. The number of nitrogens with zero attached hydrogens (tertiary/aromatic N) is 5. The van der Waals surface area contributed by atoms with Crippen molar-refractivity contribution < 1.29 is 53.4 Å². The van der Waals surface area contributed by atoms with Crippen LogP contribution in [0.1, 0.15) is 17.1 Å². The lowest BCUT2D eigenvalue weighted by Gasteiger charge is -2.17. The van der Waals surface area contributed by atoms with E-state index >= 15 is 4.39 Å². The normalized spacial score (nSPS) is 12.2. The van der Waals surface area contributed by atoms with Gasteiger partial charge in [0.1, 0.15) is 28.9 Å². The number of hydrogen-bond acceptors (Lipinski definition) is 7. The molecule has 3 aromatic carbocycles. The summed E-state index contributed by atoms with van der Waals surface area (Å²) in [6.07, 6.45) is -8.19. The summed E-state index contributed by atoms with van der Waals surface area (Å²) in [7, 11) is -3.42. The number of aliphatic hydroxyl groups is 1. The second-order valence-corrected chi connectivity index (χ2v) is 10.3. The van der Waals surface area contributed by atoms with E-state index in [2.05, 4.69) is 20.0 Å². The van der Waals surface area contributed by atoms with Crippen molar-refractivity contribution in [2.24, 2.45) is 0 Å². The van der Waals surface area contributed by atoms with Crippen LogP contribution in [0.3, 0.4) is 0 Å². The largest absolute Gasteiger partial charge is 0.573 e. The van der Waals surface area contributed by atoms with Crippen LogP contribution >= 0.6 is 0 Å². The minimum atomic E-state index is -4.97. The topological polar surface area (TPSA) is 112 Å². The van der Waals surface area contributed by atoms with Gasteiger partial charge < -0.3 is 9.84 Å². The average Bonchev–Trinajstić information content (AvgIpc) is 3.59.